The number of halogens is 2. The molecule has 0 spiro atoms. The monoisotopic (exact) mass is 626 g/mol. The molecule has 0 aliphatic heterocycles. The molecule has 0 N–H and O–H groups in total. The average Bonchev–Trinajstić information content (AvgIpc) is 3.11. The Bertz CT molecular complexity index is 905. The summed E-state index contributed by atoms with van der Waals surface area (Å²) in [5.74, 6) is 0. The van der Waals surface area contributed by atoms with Crippen LogP contribution in [-0.2, 0) is 23.2 Å². The van der Waals surface area contributed by atoms with Crippen molar-refractivity contribution < 1.29 is 48.0 Å². The third-order valence-electron chi connectivity index (χ3n) is 7.79. The summed E-state index contributed by atoms with van der Waals surface area (Å²) in [4.78, 5) is 0. The second-order valence-electron chi connectivity index (χ2n) is 17.4. The molecule has 0 saturated heterocycles. The van der Waals surface area contributed by atoms with E-state index in [1.807, 2.05) is 6.56 Å². The Balaban J connectivity index is 0.00000648. The van der Waals surface area contributed by atoms with E-state index < -0.39 is 23.2 Å². The van der Waals surface area contributed by atoms with Gasteiger partial charge in [-0.05, 0) is 0 Å². The summed E-state index contributed by atoms with van der Waals surface area (Å²) < 4.78 is 3.65. The number of allylic oxidation sites excluding steroid dienone is 8. The molecule has 3 heteroatoms. The topological polar surface area (TPSA) is 0 Å². The van der Waals surface area contributed by atoms with Crippen molar-refractivity contribution >= 4 is 0 Å². The van der Waals surface area contributed by atoms with E-state index in [1.54, 1.807) is 33.4 Å². The van der Waals surface area contributed by atoms with Gasteiger partial charge in [-0.1, -0.05) is 0 Å². The summed E-state index contributed by atoms with van der Waals surface area (Å²) in [5.41, 5.74) is 11.5. The zero-order chi connectivity index (χ0) is 27.7. The van der Waals surface area contributed by atoms with Crippen LogP contribution in [0.25, 0.3) is 0 Å². The molecule has 0 radical (unpaired) electrons. The summed E-state index contributed by atoms with van der Waals surface area (Å²) >= 11 is -1.08. The van der Waals surface area contributed by atoms with Crippen LogP contribution in [0.5, 0.6) is 0 Å². The van der Waals surface area contributed by atoms with Crippen LogP contribution < -0.4 is 24.8 Å². The number of hydrogen-bond acceptors (Lipinski definition) is 0. The fourth-order valence-electron chi connectivity index (χ4n) is 5.93. The molecule has 2 aliphatic rings. The quantitative estimate of drug-likeness (QED) is 0.392. The van der Waals surface area contributed by atoms with Gasteiger partial charge in [0.05, 0.1) is 0 Å². The van der Waals surface area contributed by atoms with E-state index >= 15 is 0 Å². The first kappa shape index (κ1) is 37.4. The average molecular weight is 629 g/mol. The number of hydrogen-bond donors (Lipinski definition) is 0. The maximum absolute atomic E-state index is 2.47. The minimum absolute atomic E-state index is 0. The molecule has 0 aromatic heterocycles. The van der Waals surface area contributed by atoms with Crippen molar-refractivity contribution in [1.29, 1.82) is 0 Å². The van der Waals surface area contributed by atoms with E-state index in [0.29, 0.717) is 0 Å². The third-order valence-corrected chi connectivity index (χ3v) is 11.7. The Morgan fingerprint density at radius 3 is 0.730 bits per heavy atom. The summed E-state index contributed by atoms with van der Waals surface area (Å²) in [6, 6.07) is 0. The minimum Gasteiger partial charge on any atom is -1.00 e. The van der Waals surface area contributed by atoms with Gasteiger partial charge in [-0.15, -0.1) is 0 Å². The van der Waals surface area contributed by atoms with Crippen LogP contribution in [0.3, 0.4) is 0 Å². The van der Waals surface area contributed by atoms with E-state index in [0.717, 1.165) is 0 Å². The molecule has 212 valence electrons. The molecule has 0 atom stereocenters. The molecular weight excluding hydrogens is 571 g/mol. The molecule has 0 heterocycles. The van der Waals surface area contributed by atoms with Crippen LogP contribution in [0, 0.1) is 32.5 Å². The molecule has 0 aromatic rings. The molecular formula is C34H58Cl2Zr. The molecule has 2 rings (SSSR count). The van der Waals surface area contributed by atoms with Crippen LogP contribution in [-0.4, -0.2) is 0 Å². The van der Waals surface area contributed by atoms with Crippen molar-refractivity contribution in [2.75, 3.05) is 0 Å². The van der Waals surface area contributed by atoms with Crippen molar-refractivity contribution in [1.82, 2.24) is 0 Å². The summed E-state index contributed by atoms with van der Waals surface area (Å²) in [6.45, 7) is 44.2. The van der Waals surface area contributed by atoms with E-state index in [9.17, 15) is 0 Å². The molecule has 0 bridgehead atoms. The molecule has 0 nitrogen and oxygen atoms in total. The first-order chi connectivity index (χ1) is 15.2. The van der Waals surface area contributed by atoms with Crippen molar-refractivity contribution in [3.05, 3.63) is 40.0 Å². The normalized spacial score (nSPS) is 18.4. The summed E-state index contributed by atoms with van der Waals surface area (Å²) in [5, 5.41) is 0. The van der Waals surface area contributed by atoms with E-state index in [1.165, 1.54) is 12.8 Å². The molecule has 37 heavy (non-hydrogen) atoms. The molecule has 2 aliphatic carbocycles. The Morgan fingerprint density at radius 2 is 0.568 bits per heavy atom. The van der Waals surface area contributed by atoms with E-state index in [2.05, 4.69) is 125 Å². The minimum atomic E-state index is -1.08. The van der Waals surface area contributed by atoms with E-state index in [-0.39, 0.29) is 57.3 Å². The largest absolute Gasteiger partial charge is 1.00 e. The fraction of sp³-hybridized carbons (Fsp3) is 0.765. The van der Waals surface area contributed by atoms with Gasteiger partial charge in [0, 0.05) is 0 Å². The van der Waals surface area contributed by atoms with Gasteiger partial charge in [0.2, 0.25) is 0 Å². The SMILES string of the molecule is CC(C)(C)C1=[C]([Zr+2][C]2=C(C(C)(C)C)CC(C(C)(C)C)=C2C(C)(C)C)C(C(C)(C)C)=C(C(C)(C)C)C1.[Cl-].[Cl-]. The van der Waals surface area contributed by atoms with Crippen molar-refractivity contribution in [3.8, 4) is 0 Å². The van der Waals surface area contributed by atoms with Crippen molar-refractivity contribution in [2.24, 2.45) is 32.5 Å². The molecule has 0 aromatic carbocycles. The second kappa shape index (κ2) is 11.4. The van der Waals surface area contributed by atoms with Gasteiger partial charge >= 0.3 is 233 Å². The van der Waals surface area contributed by atoms with Crippen LogP contribution in [0.15, 0.2) is 40.0 Å². The van der Waals surface area contributed by atoms with Gasteiger partial charge in [0.15, 0.2) is 0 Å². The van der Waals surface area contributed by atoms with Gasteiger partial charge in [-0.2, -0.15) is 0 Å². The maximum atomic E-state index is 2.47. The van der Waals surface area contributed by atoms with Crippen LogP contribution in [0.4, 0.5) is 0 Å². The Hall–Kier alpha value is 0.423. The Morgan fingerprint density at radius 1 is 0.351 bits per heavy atom. The van der Waals surface area contributed by atoms with Crippen LogP contribution in [0.1, 0.15) is 137 Å². The summed E-state index contributed by atoms with van der Waals surface area (Å²) in [7, 11) is 0. The van der Waals surface area contributed by atoms with E-state index in [4.69, 9.17) is 0 Å². The first-order valence-electron chi connectivity index (χ1n) is 13.9. The standard InChI is InChI=1S/2C17H29.2ClH.Zr/c2*1-15(2,3)12-10-13(16(4,5)6)14(11-12)17(7,8)9;;;/h2*10H2,1-9H3;2*1H;/q;;;;+2/p-2. The smallest absolute Gasteiger partial charge is 1.00 e. The molecule has 0 fully saturated rings. The molecule has 0 saturated carbocycles. The van der Waals surface area contributed by atoms with Crippen LogP contribution >= 0.6 is 0 Å². The predicted molar refractivity (Wildman–Crippen MR) is 154 cm³/mol. The van der Waals surface area contributed by atoms with Crippen molar-refractivity contribution in [3.63, 3.8) is 0 Å². The summed E-state index contributed by atoms with van der Waals surface area (Å²) in [6.07, 6.45) is 2.35. The van der Waals surface area contributed by atoms with Crippen molar-refractivity contribution in [2.45, 2.75) is 137 Å². The molecule has 0 amide bonds. The number of rotatable bonds is 2. The van der Waals surface area contributed by atoms with Gasteiger partial charge in [-0.25, -0.2) is 0 Å². The maximum Gasteiger partial charge on any atom is -1.00 e. The van der Waals surface area contributed by atoms with Gasteiger partial charge < -0.3 is 24.8 Å². The van der Waals surface area contributed by atoms with Gasteiger partial charge in [0.25, 0.3) is 0 Å². The van der Waals surface area contributed by atoms with Crippen LogP contribution in [0.2, 0.25) is 0 Å². The Kier molecular flexibility index (Phi) is 11.5. The Labute approximate surface area is 256 Å². The second-order valence-corrected chi connectivity index (χ2v) is 20.5. The first-order valence-corrected chi connectivity index (χ1v) is 16.4. The fourth-order valence-corrected chi connectivity index (χ4v) is 12.8. The predicted octanol–water partition coefficient (Wildman–Crippen LogP) is 5.26. The third kappa shape index (κ3) is 8.23. The van der Waals surface area contributed by atoms with Gasteiger partial charge in [-0.3, -0.25) is 0 Å². The zero-order valence-corrected chi connectivity index (χ0v) is 31.6. The molecule has 0 unspecified atom stereocenters. The van der Waals surface area contributed by atoms with Gasteiger partial charge in [0.1, 0.15) is 0 Å². The zero-order valence-electron chi connectivity index (χ0n) is 27.7.